The van der Waals surface area contributed by atoms with Gasteiger partial charge in [0, 0.05) is 5.38 Å². The van der Waals surface area contributed by atoms with Crippen molar-refractivity contribution < 1.29 is 34.0 Å². The average molecular weight is 434 g/mol. The Balaban J connectivity index is 1.98. The smallest absolute Gasteiger partial charge is 0.413 e. The topological polar surface area (TPSA) is 129 Å². The van der Waals surface area contributed by atoms with Crippen LogP contribution < -0.4 is 10.8 Å². The number of ether oxygens (including phenoxy) is 1. The van der Waals surface area contributed by atoms with Crippen molar-refractivity contribution >= 4 is 47.2 Å². The number of benzene rings is 1. The molecule has 0 spiro atoms. The van der Waals surface area contributed by atoms with Gasteiger partial charge in [-0.1, -0.05) is 34.9 Å². The highest BCUT2D eigenvalue weighted by Crippen LogP contribution is 2.18. The third-order valence-corrected chi connectivity index (χ3v) is 3.96. The van der Waals surface area contributed by atoms with E-state index in [1.165, 1.54) is 20.0 Å². The maximum absolute atomic E-state index is 11.8. The molecule has 1 aromatic carbocycles. The van der Waals surface area contributed by atoms with E-state index in [1.54, 1.807) is 45.0 Å². The summed E-state index contributed by atoms with van der Waals surface area (Å²) in [6, 6.07) is 7.09. The van der Waals surface area contributed by atoms with Crippen LogP contribution in [0.4, 0.5) is 9.93 Å². The van der Waals surface area contributed by atoms with E-state index in [2.05, 4.69) is 20.3 Å². The number of amides is 1. The molecule has 0 unspecified atom stereocenters. The summed E-state index contributed by atoms with van der Waals surface area (Å²) < 4.78 is 5.13. The number of oxime groups is 1. The minimum Gasteiger partial charge on any atom is -0.476 e. The number of aliphatic carboxylic acids is 1. The van der Waals surface area contributed by atoms with Gasteiger partial charge in [0.2, 0.25) is 5.71 Å². The first-order valence-corrected chi connectivity index (χ1v) is 9.56. The minimum atomic E-state index is -1.31. The molecule has 10 nitrogen and oxygen atoms in total. The summed E-state index contributed by atoms with van der Waals surface area (Å²) in [6.07, 6.45) is -0.690. The van der Waals surface area contributed by atoms with E-state index in [1.807, 2.05) is 0 Å². The molecule has 12 heteroatoms. The maximum atomic E-state index is 11.8. The third-order valence-electron chi connectivity index (χ3n) is 3.20. The number of hydrogen-bond acceptors (Lipinski definition) is 9. The number of nitrogens with zero attached hydrogens (tertiary/aromatic N) is 2. The number of carboxylic acid groups (broad SMARTS) is 1. The summed E-state index contributed by atoms with van der Waals surface area (Å²) in [4.78, 5) is 41.7. The van der Waals surface area contributed by atoms with Crippen molar-refractivity contribution in [2.24, 2.45) is 5.16 Å². The summed E-state index contributed by atoms with van der Waals surface area (Å²) in [5.41, 5.74) is 0.548. The fourth-order valence-corrected chi connectivity index (χ4v) is 2.67. The van der Waals surface area contributed by atoms with Crippen molar-refractivity contribution in [1.82, 2.24) is 4.98 Å². The molecule has 2 rings (SSSR count). The van der Waals surface area contributed by atoms with E-state index in [0.717, 1.165) is 22.4 Å². The van der Waals surface area contributed by atoms with E-state index in [4.69, 9.17) is 14.4 Å². The molecule has 1 radical (unpaired) electrons. The normalized spacial score (nSPS) is 11.7. The van der Waals surface area contributed by atoms with E-state index >= 15 is 0 Å². The van der Waals surface area contributed by atoms with Gasteiger partial charge in [-0.15, -0.1) is 11.3 Å². The maximum Gasteiger partial charge on any atom is 0.413 e. The second-order valence-electron chi connectivity index (χ2n) is 6.81. The molecule has 0 fully saturated rings. The fourth-order valence-electron chi connectivity index (χ4n) is 1.99. The van der Waals surface area contributed by atoms with Crippen LogP contribution in [0.1, 0.15) is 32.0 Å². The lowest BCUT2D eigenvalue weighted by atomic mass is 9.88. The van der Waals surface area contributed by atoms with Gasteiger partial charge < -0.3 is 19.5 Å². The van der Waals surface area contributed by atoms with Crippen LogP contribution >= 0.6 is 11.3 Å². The lowest BCUT2D eigenvalue weighted by molar-refractivity contribution is -0.177. The highest BCUT2D eigenvalue weighted by molar-refractivity contribution is 7.14. The molecular formula is C18H21BN3O7S. The monoisotopic (exact) mass is 434 g/mol. The number of carbonyl (C=O) groups excluding carboxylic acids is 1. The van der Waals surface area contributed by atoms with Gasteiger partial charge in [-0.3, -0.25) is 10.2 Å². The molecule has 0 aliphatic heterocycles. The van der Waals surface area contributed by atoms with Crippen LogP contribution in [0.5, 0.6) is 0 Å². The Morgan fingerprint density at radius 3 is 2.57 bits per heavy atom. The van der Waals surface area contributed by atoms with Crippen LogP contribution in [-0.2, 0) is 30.7 Å². The van der Waals surface area contributed by atoms with E-state index < -0.39 is 17.7 Å². The molecule has 1 amide bonds. The van der Waals surface area contributed by atoms with Crippen LogP contribution in [0.2, 0.25) is 0 Å². The van der Waals surface area contributed by atoms with Gasteiger partial charge in [-0.05, 0) is 26.3 Å². The van der Waals surface area contributed by atoms with Crippen molar-refractivity contribution in [3.05, 3.63) is 40.9 Å². The molecule has 0 atom stereocenters. The van der Waals surface area contributed by atoms with Gasteiger partial charge in [0.25, 0.3) is 0 Å². The molecule has 2 aromatic rings. The lowest BCUT2D eigenvalue weighted by Crippen LogP contribution is -2.27. The van der Waals surface area contributed by atoms with Gasteiger partial charge in [-0.25, -0.2) is 14.6 Å². The molecule has 1 aromatic heterocycles. The molecule has 0 aliphatic rings. The van der Waals surface area contributed by atoms with Crippen molar-refractivity contribution in [3.8, 4) is 0 Å². The van der Waals surface area contributed by atoms with Crippen LogP contribution in [-0.4, -0.2) is 48.1 Å². The number of carboxylic acids is 1. The third kappa shape index (κ3) is 7.81. The standard InChI is InChI=1S/C18H21BN3O7S/c1-18(2,3)28-17(25)21-16-20-13(10-30-16)14(15(23)24)22-27-9-11-5-7-12(8-6-11)19-29-26-4/h5-8,10H,9H2,1-4H3,(H,23,24)(H,20,21,25)/b22-14-. The highest BCUT2D eigenvalue weighted by Gasteiger charge is 2.20. The van der Waals surface area contributed by atoms with Crippen LogP contribution in [0.25, 0.3) is 0 Å². The van der Waals surface area contributed by atoms with Crippen molar-refractivity contribution in [2.45, 2.75) is 33.0 Å². The highest BCUT2D eigenvalue weighted by atomic mass is 32.1. The van der Waals surface area contributed by atoms with Crippen LogP contribution in [0, 0.1) is 0 Å². The summed E-state index contributed by atoms with van der Waals surface area (Å²) in [6.45, 7) is 5.23. The summed E-state index contributed by atoms with van der Waals surface area (Å²) >= 11 is 1.04. The Morgan fingerprint density at radius 1 is 1.27 bits per heavy atom. The minimum absolute atomic E-state index is 0.0509. The first-order valence-electron chi connectivity index (χ1n) is 8.68. The number of hydrogen-bond donors (Lipinski definition) is 2. The molecular weight excluding hydrogens is 413 g/mol. The van der Waals surface area contributed by atoms with Crippen LogP contribution in [0.15, 0.2) is 34.8 Å². The largest absolute Gasteiger partial charge is 0.476 e. The van der Waals surface area contributed by atoms with Crippen molar-refractivity contribution in [3.63, 3.8) is 0 Å². The molecule has 159 valence electrons. The zero-order valence-corrected chi connectivity index (χ0v) is 17.7. The SMILES string of the molecule is COO[B]c1ccc(CO/N=C(\C(=O)O)c2csc(NC(=O)OC(C)(C)C)n2)cc1. The summed E-state index contributed by atoms with van der Waals surface area (Å²) in [5.74, 6) is -1.31. The van der Waals surface area contributed by atoms with E-state index in [9.17, 15) is 14.7 Å². The molecule has 2 N–H and O–H groups in total. The number of carbonyl (C=O) groups is 2. The van der Waals surface area contributed by atoms with Gasteiger partial charge >= 0.3 is 19.5 Å². The lowest BCUT2D eigenvalue weighted by Gasteiger charge is -2.18. The summed E-state index contributed by atoms with van der Waals surface area (Å²) in [5, 5.41) is 17.2. The Morgan fingerprint density at radius 2 is 1.97 bits per heavy atom. The van der Waals surface area contributed by atoms with Gasteiger partial charge in [0.05, 0.1) is 7.11 Å². The predicted molar refractivity (Wildman–Crippen MR) is 111 cm³/mol. The molecule has 30 heavy (non-hydrogen) atoms. The molecule has 0 aliphatic carbocycles. The van der Waals surface area contributed by atoms with Gasteiger partial charge in [0.1, 0.15) is 17.9 Å². The zero-order valence-electron chi connectivity index (χ0n) is 16.9. The Bertz CT molecular complexity index is 894. The fraction of sp³-hybridized carbons (Fsp3) is 0.333. The number of thiazole rings is 1. The van der Waals surface area contributed by atoms with E-state index in [-0.39, 0.29) is 23.1 Å². The number of rotatable bonds is 9. The Labute approximate surface area is 178 Å². The van der Waals surface area contributed by atoms with Crippen molar-refractivity contribution in [1.29, 1.82) is 0 Å². The average Bonchev–Trinajstić information content (AvgIpc) is 3.10. The first kappa shape index (κ1) is 23.3. The quantitative estimate of drug-likeness (QED) is 0.266. The number of nitrogens with one attached hydrogen (secondary N) is 1. The summed E-state index contributed by atoms with van der Waals surface area (Å²) in [7, 11) is 2.83. The van der Waals surface area contributed by atoms with Crippen LogP contribution in [0.3, 0.4) is 0 Å². The number of aromatic nitrogens is 1. The predicted octanol–water partition coefficient (Wildman–Crippen LogP) is 2.32. The Hall–Kier alpha value is -2.96. The Kier molecular flexibility index (Phi) is 8.33. The second-order valence-corrected chi connectivity index (χ2v) is 7.66. The van der Waals surface area contributed by atoms with E-state index in [0.29, 0.717) is 0 Å². The zero-order chi connectivity index (χ0) is 22.1. The second kappa shape index (κ2) is 10.7. The first-order chi connectivity index (χ1) is 14.2. The molecule has 0 bridgehead atoms. The van der Waals surface area contributed by atoms with Gasteiger partial charge in [-0.2, -0.15) is 0 Å². The van der Waals surface area contributed by atoms with Crippen molar-refractivity contribution in [2.75, 3.05) is 12.4 Å². The molecule has 0 saturated carbocycles. The van der Waals surface area contributed by atoms with Gasteiger partial charge in [0.15, 0.2) is 5.13 Å². The molecule has 0 saturated heterocycles. The molecule has 1 heterocycles. The number of anilines is 1.